The van der Waals surface area contributed by atoms with Crippen molar-refractivity contribution in [2.45, 2.75) is 25.7 Å². The van der Waals surface area contributed by atoms with Gasteiger partial charge in [0.1, 0.15) is 5.82 Å². The van der Waals surface area contributed by atoms with E-state index in [1.807, 2.05) is 20.8 Å². The van der Waals surface area contributed by atoms with Crippen molar-refractivity contribution in [1.82, 2.24) is 9.97 Å². The number of nitrogens with one attached hydrogen (secondary N) is 2. The van der Waals surface area contributed by atoms with Crippen LogP contribution in [0.1, 0.15) is 20.8 Å². The van der Waals surface area contributed by atoms with E-state index >= 15 is 0 Å². The minimum Gasteiger partial charge on any atom is -0.362 e. The molecule has 2 aromatic rings. The van der Waals surface area contributed by atoms with E-state index < -0.39 is 15.4 Å². The first-order chi connectivity index (χ1) is 12.0. The molecule has 0 aliphatic carbocycles. The van der Waals surface area contributed by atoms with Gasteiger partial charge in [0.05, 0.1) is 15.9 Å². The molecule has 1 heterocycles. The van der Waals surface area contributed by atoms with Gasteiger partial charge in [-0.1, -0.05) is 20.8 Å². The molecule has 0 unspecified atom stereocenters. The maximum Gasteiger partial charge on any atom is 0.238 e. The molecule has 0 radical (unpaired) electrons. The molecule has 0 aliphatic rings. The Balaban J connectivity index is 2.13. The lowest BCUT2D eigenvalue weighted by molar-refractivity contribution is -0.124. The van der Waals surface area contributed by atoms with Crippen molar-refractivity contribution in [3.8, 4) is 0 Å². The summed E-state index contributed by atoms with van der Waals surface area (Å²) in [5.74, 6) is 0.819. The normalized spacial score (nSPS) is 11.9. The molecule has 4 N–H and O–H groups in total. The number of hydrogen-bond acceptors (Lipinski definition) is 7. The van der Waals surface area contributed by atoms with Crippen LogP contribution >= 0.6 is 15.9 Å². The highest BCUT2D eigenvalue weighted by molar-refractivity contribution is 9.10. The number of halogens is 1. The van der Waals surface area contributed by atoms with Crippen molar-refractivity contribution in [2.75, 3.05) is 17.2 Å². The van der Waals surface area contributed by atoms with E-state index in [4.69, 9.17) is 5.14 Å². The lowest BCUT2D eigenvalue weighted by atomic mass is 9.91. The maximum atomic E-state index is 12.0. The Morgan fingerprint density at radius 3 is 2.38 bits per heavy atom. The van der Waals surface area contributed by atoms with Gasteiger partial charge in [0.15, 0.2) is 5.78 Å². The average Bonchev–Trinajstić information content (AvgIpc) is 2.53. The predicted molar refractivity (Wildman–Crippen MR) is 104 cm³/mol. The first-order valence-electron chi connectivity index (χ1n) is 7.66. The first-order valence-corrected chi connectivity index (χ1v) is 10.0. The molecule has 0 spiro atoms. The Bertz CT molecular complexity index is 908. The summed E-state index contributed by atoms with van der Waals surface area (Å²) in [7, 11) is -3.74. The van der Waals surface area contributed by atoms with E-state index in [1.54, 1.807) is 18.3 Å². The molecular weight excluding hydrogens is 422 g/mol. The summed E-state index contributed by atoms with van der Waals surface area (Å²) in [6.45, 7) is 5.69. The number of ketones is 1. The third kappa shape index (κ3) is 5.48. The van der Waals surface area contributed by atoms with Gasteiger partial charge in [0, 0.05) is 17.3 Å². The van der Waals surface area contributed by atoms with Crippen LogP contribution in [0, 0.1) is 5.41 Å². The topological polar surface area (TPSA) is 127 Å². The fraction of sp³-hybridized carbons (Fsp3) is 0.312. The zero-order chi connectivity index (χ0) is 19.5. The highest BCUT2D eigenvalue weighted by Gasteiger charge is 2.21. The van der Waals surface area contributed by atoms with Gasteiger partial charge >= 0.3 is 0 Å². The number of Topliss-reactive ketones (excluding diaryl/α,β-unsaturated/α-hetero) is 1. The van der Waals surface area contributed by atoms with Crippen molar-refractivity contribution in [3.05, 3.63) is 34.9 Å². The Morgan fingerprint density at radius 2 is 1.85 bits per heavy atom. The number of hydrogen-bond donors (Lipinski definition) is 3. The van der Waals surface area contributed by atoms with E-state index in [-0.39, 0.29) is 17.2 Å². The number of aromatic nitrogens is 2. The van der Waals surface area contributed by atoms with Crippen LogP contribution in [0.5, 0.6) is 0 Å². The molecule has 0 atom stereocenters. The quantitative estimate of drug-likeness (QED) is 0.628. The summed E-state index contributed by atoms with van der Waals surface area (Å²) in [6.07, 6.45) is 1.55. The van der Waals surface area contributed by atoms with Gasteiger partial charge in [-0.3, -0.25) is 4.79 Å². The van der Waals surface area contributed by atoms with Crippen LogP contribution in [0.15, 0.2) is 39.8 Å². The SMILES string of the molecule is CC(C)(C)C(=O)CNc1nc(Nc2ccc(S(N)(=O)=O)cc2)ncc1Br. The van der Waals surface area contributed by atoms with Gasteiger partial charge in [-0.05, 0) is 40.2 Å². The highest BCUT2D eigenvalue weighted by Crippen LogP contribution is 2.23. The molecule has 0 saturated carbocycles. The summed E-state index contributed by atoms with van der Waals surface area (Å²) in [4.78, 5) is 20.5. The smallest absolute Gasteiger partial charge is 0.238 e. The molecule has 0 fully saturated rings. The van der Waals surface area contributed by atoms with E-state index in [9.17, 15) is 13.2 Å². The highest BCUT2D eigenvalue weighted by atomic mass is 79.9. The second-order valence-electron chi connectivity index (χ2n) is 6.61. The fourth-order valence-electron chi connectivity index (χ4n) is 1.84. The van der Waals surface area contributed by atoms with Crippen LogP contribution in [0.4, 0.5) is 17.5 Å². The van der Waals surface area contributed by atoms with E-state index in [0.29, 0.717) is 21.9 Å². The minimum absolute atomic E-state index is 0.0165. The Labute approximate surface area is 160 Å². The van der Waals surface area contributed by atoms with E-state index in [2.05, 4.69) is 36.5 Å². The maximum absolute atomic E-state index is 12.0. The second-order valence-corrected chi connectivity index (χ2v) is 9.03. The molecular formula is C16H20BrN5O3S. The number of anilines is 3. The number of nitrogens with zero attached hydrogens (tertiary/aromatic N) is 2. The summed E-state index contributed by atoms with van der Waals surface area (Å²) in [6, 6.07) is 5.89. The van der Waals surface area contributed by atoms with Crippen molar-refractivity contribution >= 4 is 49.2 Å². The Kier molecular flexibility index (Phi) is 5.99. The predicted octanol–water partition coefficient (Wildman–Crippen LogP) is 2.66. The first kappa shape index (κ1) is 20.3. The standard InChI is InChI=1S/C16H20BrN5O3S/c1-16(2,3)13(23)9-19-14-12(17)8-20-15(22-14)21-10-4-6-11(7-5-10)26(18,24)25/h4-8H,9H2,1-3H3,(H2,18,24,25)(H2,19,20,21,22). The van der Waals surface area contributed by atoms with E-state index in [0.717, 1.165) is 0 Å². The van der Waals surface area contributed by atoms with Gasteiger partial charge in [-0.2, -0.15) is 4.98 Å². The van der Waals surface area contributed by atoms with Gasteiger partial charge in [0.2, 0.25) is 16.0 Å². The molecule has 1 aromatic carbocycles. The third-order valence-electron chi connectivity index (χ3n) is 3.44. The molecule has 0 saturated heterocycles. The van der Waals surface area contributed by atoms with Gasteiger partial charge in [-0.15, -0.1) is 0 Å². The largest absolute Gasteiger partial charge is 0.362 e. The van der Waals surface area contributed by atoms with Gasteiger partial charge < -0.3 is 10.6 Å². The van der Waals surface area contributed by atoms with Crippen LogP contribution in [-0.2, 0) is 14.8 Å². The van der Waals surface area contributed by atoms with E-state index in [1.165, 1.54) is 12.1 Å². The lowest BCUT2D eigenvalue weighted by Crippen LogP contribution is -2.27. The average molecular weight is 442 g/mol. The number of rotatable bonds is 6. The monoisotopic (exact) mass is 441 g/mol. The summed E-state index contributed by atoms with van der Waals surface area (Å²) in [5, 5.41) is 11.0. The molecule has 10 heteroatoms. The number of sulfonamides is 1. The van der Waals surface area contributed by atoms with Crippen molar-refractivity contribution in [2.24, 2.45) is 10.6 Å². The molecule has 2 rings (SSSR count). The second kappa shape index (κ2) is 7.68. The minimum atomic E-state index is -3.74. The van der Waals surface area contributed by atoms with Gasteiger partial charge in [-0.25, -0.2) is 18.5 Å². The number of benzene rings is 1. The fourth-order valence-corrected chi connectivity index (χ4v) is 2.68. The van der Waals surface area contributed by atoms with Crippen LogP contribution in [0.25, 0.3) is 0 Å². The summed E-state index contributed by atoms with van der Waals surface area (Å²) >= 11 is 3.34. The lowest BCUT2D eigenvalue weighted by Gasteiger charge is -2.17. The Morgan fingerprint density at radius 1 is 1.23 bits per heavy atom. The van der Waals surface area contributed by atoms with Crippen LogP contribution < -0.4 is 15.8 Å². The molecule has 140 valence electrons. The molecule has 0 amide bonds. The van der Waals surface area contributed by atoms with Crippen LogP contribution in [0.2, 0.25) is 0 Å². The molecule has 0 aliphatic heterocycles. The molecule has 1 aromatic heterocycles. The zero-order valence-corrected chi connectivity index (χ0v) is 17.0. The van der Waals surface area contributed by atoms with Crippen LogP contribution in [0.3, 0.4) is 0 Å². The van der Waals surface area contributed by atoms with Crippen molar-refractivity contribution < 1.29 is 13.2 Å². The number of nitrogens with two attached hydrogens (primary N) is 1. The third-order valence-corrected chi connectivity index (χ3v) is 4.95. The molecule has 26 heavy (non-hydrogen) atoms. The number of primary sulfonamides is 1. The number of carbonyl (C=O) groups excluding carboxylic acids is 1. The molecule has 8 nitrogen and oxygen atoms in total. The summed E-state index contributed by atoms with van der Waals surface area (Å²) in [5.41, 5.74) is 0.148. The van der Waals surface area contributed by atoms with Gasteiger partial charge in [0.25, 0.3) is 0 Å². The van der Waals surface area contributed by atoms with Crippen molar-refractivity contribution in [3.63, 3.8) is 0 Å². The van der Waals surface area contributed by atoms with Crippen molar-refractivity contribution in [1.29, 1.82) is 0 Å². The summed E-state index contributed by atoms with van der Waals surface area (Å²) < 4.78 is 23.2. The molecule has 0 bridgehead atoms. The zero-order valence-electron chi connectivity index (χ0n) is 14.6. The number of carbonyl (C=O) groups is 1. The van der Waals surface area contributed by atoms with Crippen LogP contribution in [-0.4, -0.2) is 30.7 Å². The Hall–Kier alpha value is -2.04.